The molecule has 0 saturated carbocycles. The molecule has 2 aromatic carbocycles. The Balaban J connectivity index is 1.87. The molecule has 1 N–H and O–H groups in total. The van der Waals surface area contributed by atoms with Crippen molar-refractivity contribution in [1.29, 1.82) is 0 Å². The van der Waals surface area contributed by atoms with Crippen LogP contribution in [0.2, 0.25) is 0 Å². The molecule has 1 saturated heterocycles. The number of halogens is 1. The van der Waals surface area contributed by atoms with Crippen LogP contribution in [0.1, 0.15) is 37.8 Å². The third-order valence-corrected chi connectivity index (χ3v) is 5.95. The molecule has 0 bridgehead atoms. The van der Waals surface area contributed by atoms with Crippen LogP contribution in [0.15, 0.2) is 57.4 Å². The van der Waals surface area contributed by atoms with Crippen molar-refractivity contribution in [2.24, 2.45) is 5.16 Å². The van der Waals surface area contributed by atoms with E-state index in [0.29, 0.717) is 25.2 Å². The van der Waals surface area contributed by atoms with Gasteiger partial charge in [0.25, 0.3) is 0 Å². The van der Waals surface area contributed by atoms with E-state index < -0.39 is 5.60 Å². The van der Waals surface area contributed by atoms with E-state index in [1.165, 1.54) is 17.8 Å². The molecule has 2 aromatic rings. The maximum Gasteiger partial charge on any atom is 0.124 e. The Bertz CT molecular complexity index is 825. The first-order valence-corrected chi connectivity index (χ1v) is 9.72. The Morgan fingerprint density at radius 3 is 2.63 bits per heavy atom. The summed E-state index contributed by atoms with van der Waals surface area (Å²) in [6.45, 7) is 4.35. The molecular formula is C21H24FNO3S. The van der Waals surface area contributed by atoms with Gasteiger partial charge < -0.3 is 14.7 Å². The van der Waals surface area contributed by atoms with Crippen LogP contribution < -0.4 is 0 Å². The zero-order valence-electron chi connectivity index (χ0n) is 15.7. The van der Waals surface area contributed by atoms with Gasteiger partial charge in [-0.25, -0.2) is 4.39 Å². The summed E-state index contributed by atoms with van der Waals surface area (Å²) in [6, 6.07) is 12.7. The fourth-order valence-electron chi connectivity index (χ4n) is 3.46. The molecule has 3 rings (SSSR count). The smallest absolute Gasteiger partial charge is 0.124 e. The SMILES string of the molecule is CO[C@]1(c2cc(F)cc(Sc3ccc(/C(C)=N/O)cc3)c2)CCO[C@@H](C)C1. The molecule has 1 fully saturated rings. The van der Waals surface area contributed by atoms with E-state index in [4.69, 9.17) is 14.7 Å². The quantitative estimate of drug-likeness (QED) is 0.433. The van der Waals surface area contributed by atoms with Gasteiger partial charge in [0.1, 0.15) is 5.82 Å². The Hall–Kier alpha value is -1.89. The average molecular weight is 389 g/mol. The zero-order valence-corrected chi connectivity index (χ0v) is 16.6. The molecule has 1 aliphatic heterocycles. The molecular weight excluding hydrogens is 365 g/mol. The zero-order chi connectivity index (χ0) is 19.4. The highest BCUT2D eigenvalue weighted by Gasteiger charge is 2.38. The molecule has 1 heterocycles. The van der Waals surface area contributed by atoms with Gasteiger partial charge in [-0.05, 0) is 55.3 Å². The van der Waals surface area contributed by atoms with Gasteiger partial charge in [-0.3, -0.25) is 0 Å². The van der Waals surface area contributed by atoms with Gasteiger partial charge in [-0.2, -0.15) is 0 Å². The van der Waals surface area contributed by atoms with Crippen molar-refractivity contribution in [2.75, 3.05) is 13.7 Å². The minimum absolute atomic E-state index is 0.0713. The van der Waals surface area contributed by atoms with Crippen molar-refractivity contribution in [3.8, 4) is 0 Å². The van der Waals surface area contributed by atoms with Crippen LogP contribution in [0.4, 0.5) is 4.39 Å². The third kappa shape index (κ3) is 4.51. The molecule has 0 unspecified atom stereocenters. The Morgan fingerprint density at radius 2 is 2.00 bits per heavy atom. The first kappa shape index (κ1) is 19.9. The van der Waals surface area contributed by atoms with Crippen LogP contribution in [-0.2, 0) is 15.1 Å². The number of oxime groups is 1. The van der Waals surface area contributed by atoms with E-state index in [1.54, 1.807) is 20.1 Å². The predicted molar refractivity (Wildman–Crippen MR) is 104 cm³/mol. The molecule has 0 aliphatic carbocycles. The lowest BCUT2D eigenvalue weighted by Crippen LogP contribution is -2.39. The molecule has 4 nitrogen and oxygen atoms in total. The van der Waals surface area contributed by atoms with Crippen LogP contribution >= 0.6 is 11.8 Å². The average Bonchev–Trinajstić information content (AvgIpc) is 2.67. The molecule has 1 aliphatic rings. The lowest BCUT2D eigenvalue weighted by Gasteiger charge is -2.39. The van der Waals surface area contributed by atoms with Gasteiger partial charge >= 0.3 is 0 Å². The van der Waals surface area contributed by atoms with Crippen LogP contribution in [0, 0.1) is 5.82 Å². The monoisotopic (exact) mass is 389 g/mol. The van der Waals surface area contributed by atoms with Crippen LogP contribution in [0.5, 0.6) is 0 Å². The summed E-state index contributed by atoms with van der Waals surface area (Å²) in [5.41, 5.74) is 1.72. The van der Waals surface area contributed by atoms with E-state index in [2.05, 4.69) is 5.16 Å². The number of rotatable bonds is 5. The predicted octanol–water partition coefficient (Wildman–Crippen LogP) is 5.22. The summed E-state index contributed by atoms with van der Waals surface area (Å²) in [6.07, 6.45) is 1.48. The second kappa shape index (κ2) is 8.42. The lowest BCUT2D eigenvalue weighted by atomic mass is 9.83. The summed E-state index contributed by atoms with van der Waals surface area (Å²) in [4.78, 5) is 1.80. The number of hydrogen-bond donors (Lipinski definition) is 1. The van der Waals surface area contributed by atoms with Crippen molar-refractivity contribution >= 4 is 17.5 Å². The van der Waals surface area contributed by atoms with E-state index in [9.17, 15) is 4.39 Å². The molecule has 0 spiro atoms. The number of hydrogen-bond acceptors (Lipinski definition) is 5. The van der Waals surface area contributed by atoms with E-state index >= 15 is 0 Å². The van der Waals surface area contributed by atoms with E-state index in [1.807, 2.05) is 37.3 Å². The highest BCUT2D eigenvalue weighted by molar-refractivity contribution is 7.99. The summed E-state index contributed by atoms with van der Waals surface area (Å²) in [7, 11) is 1.68. The summed E-state index contributed by atoms with van der Waals surface area (Å²) in [5.74, 6) is -0.273. The van der Waals surface area contributed by atoms with Crippen LogP contribution in [0.3, 0.4) is 0 Å². The van der Waals surface area contributed by atoms with Crippen LogP contribution in [-0.4, -0.2) is 30.7 Å². The largest absolute Gasteiger partial charge is 0.411 e. The number of ether oxygens (including phenoxy) is 2. The van der Waals surface area contributed by atoms with E-state index in [-0.39, 0.29) is 11.9 Å². The summed E-state index contributed by atoms with van der Waals surface area (Å²) in [5, 5.41) is 12.1. The van der Waals surface area contributed by atoms with Crippen molar-refractivity contribution in [3.63, 3.8) is 0 Å². The molecule has 0 radical (unpaired) electrons. The number of nitrogens with zero attached hydrogens (tertiary/aromatic N) is 1. The number of benzene rings is 2. The molecule has 0 amide bonds. The van der Waals surface area contributed by atoms with E-state index in [0.717, 1.165) is 20.9 Å². The van der Waals surface area contributed by atoms with Gasteiger partial charge in [-0.1, -0.05) is 29.1 Å². The lowest BCUT2D eigenvalue weighted by molar-refractivity contribution is -0.122. The van der Waals surface area contributed by atoms with Gasteiger partial charge in [0.2, 0.25) is 0 Å². The van der Waals surface area contributed by atoms with Gasteiger partial charge in [0.15, 0.2) is 0 Å². The number of methoxy groups -OCH3 is 1. The van der Waals surface area contributed by atoms with Gasteiger partial charge in [0.05, 0.1) is 24.0 Å². The fraction of sp³-hybridized carbons (Fsp3) is 0.381. The minimum atomic E-state index is -0.520. The highest BCUT2D eigenvalue weighted by atomic mass is 32.2. The standard InChI is InChI=1S/C21H24FNO3S/c1-14-13-21(25-3,8-9-26-14)17-10-18(22)12-20(11-17)27-19-6-4-16(5-7-19)15(2)23-24/h4-7,10-12,14,24H,8-9,13H2,1-3H3/b23-15+/t14-,21+/m0/s1. The second-order valence-corrected chi connectivity index (χ2v) is 7.97. The third-order valence-electron chi connectivity index (χ3n) is 4.97. The van der Waals surface area contributed by atoms with Crippen LogP contribution in [0.25, 0.3) is 0 Å². The fourth-order valence-corrected chi connectivity index (χ4v) is 4.36. The molecule has 144 valence electrons. The maximum absolute atomic E-state index is 14.4. The van der Waals surface area contributed by atoms with Crippen molar-refractivity contribution in [3.05, 3.63) is 59.4 Å². The molecule has 0 aromatic heterocycles. The van der Waals surface area contributed by atoms with Crippen molar-refractivity contribution < 1.29 is 19.1 Å². The summed E-state index contributed by atoms with van der Waals surface area (Å²) >= 11 is 1.49. The maximum atomic E-state index is 14.4. The van der Waals surface area contributed by atoms with Gasteiger partial charge in [-0.15, -0.1) is 0 Å². The van der Waals surface area contributed by atoms with Gasteiger partial charge in [0, 0.05) is 29.7 Å². The molecule has 6 heteroatoms. The summed E-state index contributed by atoms with van der Waals surface area (Å²) < 4.78 is 25.9. The van der Waals surface area contributed by atoms with Crippen molar-refractivity contribution in [2.45, 2.75) is 48.2 Å². The second-order valence-electron chi connectivity index (χ2n) is 6.82. The Morgan fingerprint density at radius 1 is 1.26 bits per heavy atom. The first-order chi connectivity index (χ1) is 13.0. The minimum Gasteiger partial charge on any atom is -0.411 e. The first-order valence-electron chi connectivity index (χ1n) is 8.90. The Kier molecular flexibility index (Phi) is 6.19. The normalized spacial score (nSPS) is 23.4. The Labute approximate surface area is 163 Å². The molecule has 2 atom stereocenters. The topological polar surface area (TPSA) is 51.0 Å². The highest BCUT2D eigenvalue weighted by Crippen LogP contribution is 2.40. The molecule has 27 heavy (non-hydrogen) atoms. The van der Waals surface area contributed by atoms with Crippen molar-refractivity contribution in [1.82, 2.24) is 0 Å².